The van der Waals surface area contributed by atoms with Crippen LogP contribution in [0.5, 0.6) is 0 Å². The quantitative estimate of drug-likeness (QED) is 0.858. The van der Waals surface area contributed by atoms with Gasteiger partial charge in [0, 0.05) is 37.1 Å². The van der Waals surface area contributed by atoms with E-state index in [0.29, 0.717) is 17.9 Å². The largest absolute Gasteiger partial charge is 0.351 e. The Kier molecular flexibility index (Phi) is 5.19. The Morgan fingerprint density at radius 3 is 2.17 bits per heavy atom. The molecule has 1 saturated carbocycles. The van der Waals surface area contributed by atoms with Crippen molar-refractivity contribution in [3.63, 3.8) is 0 Å². The number of hydrogen-bond donors (Lipinski definition) is 1. The molecule has 5 nitrogen and oxygen atoms in total. The van der Waals surface area contributed by atoms with E-state index in [1.165, 1.54) is 0 Å². The summed E-state index contributed by atoms with van der Waals surface area (Å²) in [5, 5.41) is 3.14. The predicted octanol–water partition coefficient (Wildman–Crippen LogP) is 2.01. The normalized spacial score (nSPS) is 27.1. The van der Waals surface area contributed by atoms with Crippen LogP contribution in [0.15, 0.2) is 0 Å². The summed E-state index contributed by atoms with van der Waals surface area (Å²) in [5.74, 6) is 1.04. The highest BCUT2D eigenvalue weighted by molar-refractivity contribution is 5.81. The average Bonchev–Trinajstić information content (AvgIpc) is 3.38. The van der Waals surface area contributed by atoms with Crippen molar-refractivity contribution in [2.24, 2.45) is 11.8 Å². The zero-order chi connectivity index (χ0) is 17.3. The summed E-state index contributed by atoms with van der Waals surface area (Å²) in [5.41, 5.74) is -0.159. The van der Waals surface area contributed by atoms with Crippen molar-refractivity contribution >= 4 is 11.8 Å². The number of carbonyl (C=O) groups excluding carboxylic acids is 2. The Bertz CT molecular complexity index is 473. The molecule has 24 heavy (non-hydrogen) atoms. The van der Waals surface area contributed by atoms with Crippen LogP contribution in [-0.2, 0) is 9.59 Å². The molecule has 0 spiro atoms. The average molecular weight is 335 g/mol. The van der Waals surface area contributed by atoms with Crippen LogP contribution in [0.25, 0.3) is 0 Å². The summed E-state index contributed by atoms with van der Waals surface area (Å²) < 4.78 is 0. The van der Waals surface area contributed by atoms with E-state index >= 15 is 0 Å². The summed E-state index contributed by atoms with van der Waals surface area (Å²) in [6.45, 7) is 9.89. The van der Waals surface area contributed by atoms with Crippen molar-refractivity contribution in [1.82, 2.24) is 15.1 Å². The Morgan fingerprint density at radius 1 is 0.917 bits per heavy atom. The Hall–Kier alpha value is -1.10. The van der Waals surface area contributed by atoms with E-state index in [1.54, 1.807) is 0 Å². The molecule has 0 radical (unpaired) electrons. The molecule has 1 N–H and O–H groups in total. The van der Waals surface area contributed by atoms with Gasteiger partial charge in [-0.1, -0.05) is 0 Å². The third-order valence-electron chi connectivity index (χ3n) is 5.54. The van der Waals surface area contributed by atoms with Gasteiger partial charge in [0.25, 0.3) is 0 Å². The summed E-state index contributed by atoms with van der Waals surface area (Å²) >= 11 is 0. The molecular weight excluding hydrogens is 302 g/mol. The van der Waals surface area contributed by atoms with Gasteiger partial charge in [0.15, 0.2) is 0 Å². The molecule has 2 amide bonds. The Labute approximate surface area is 146 Å². The van der Waals surface area contributed by atoms with Gasteiger partial charge in [0.1, 0.15) is 0 Å². The van der Waals surface area contributed by atoms with Crippen molar-refractivity contribution in [3.8, 4) is 0 Å². The second kappa shape index (κ2) is 7.03. The van der Waals surface area contributed by atoms with Crippen LogP contribution < -0.4 is 5.32 Å². The van der Waals surface area contributed by atoms with Crippen LogP contribution in [0.1, 0.15) is 59.3 Å². The predicted molar refractivity (Wildman–Crippen MR) is 94.5 cm³/mol. The number of hydrogen-bond acceptors (Lipinski definition) is 3. The fourth-order valence-electron chi connectivity index (χ4n) is 4.06. The second-order valence-corrected chi connectivity index (χ2v) is 8.90. The lowest BCUT2D eigenvalue weighted by atomic mass is 9.92. The molecule has 1 atom stereocenters. The fraction of sp³-hybridized carbons (Fsp3) is 0.895. The van der Waals surface area contributed by atoms with Gasteiger partial charge >= 0.3 is 0 Å². The molecule has 2 saturated heterocycles. The maximum Gasteiger partial charge on any atom is 0.225 e. The van der Waals surface area contributed by atoms with Crippen LogP contribution in [0.2, 0.25) is 0 Å². The topological polar surface area (TPSA) is 52.7 Å². The van der Waals surface area contributed by atoms with E-state index < -0.39 is 0 Å². The lowest BCUT2D eigenvalue weighted by Crippen LogP contribution is -2.53. The number of amides is 2. The summed E-state index contributed by atoms with van der Waals surface area (Å²) in [6, 6.07) is 0.540. The van der Waals surface area contributed by atoms with E-state index in [1.807, 2.05) is 20.8 Å². The molecule has 3 aliphatic rings. The molecule has 3 fully saturated rings. The Balaban J connectivity index is 1.48. The summed E-state index contributed by atoms with van der Waals surface area (Å²) in [7, 11) is 0. The first-order chi connectivity index (χ1) is 11.3. The molecule has 0 unspecified atom stereocenters. The number of nitrogens with zero attached hydrogens (tertiary/aromatic N) is 2. The molecule has 1 aliphatic carbocycles. The number of nitrogens with one attached hydrogen (secondary N) is 1. The van der Waals surface area contributed by atoms with Gasteiger partial charge in [0.05, 0.1) is 5.92 Å². The van der Waals surface area contributed by atoms with Gasteiger partial charge in [-0.15, -0.1) is 0 Å². The maximum absolute atomic E-state index is 12.5. The van der Waals surface area contributed by atoms with Gasteiger partial charge in [-0.3, -0.25) is 14.5 Å². The summed E-state index contributed by atoms with van der Waals surface area (Å²) in [4.78, 5) is 29.2. The smallest absolute Gasteiger partial charge is 0.225 e. The van der Waals surface area contributed by atoms with Crippen LogP contribution in [-0.4, -0.2) is 59.4 Å². The SMILES string of the molecule is CC(C)(C)NC(=O)[C@H]1CCCN(C2CCN(C(=O)C3CC3)CC2)C1. The molecule has 2 aliphatic heterocycles. The highest BCUT2D eigenvalue weighted by atomic mass is 16.2. The first kappa shape index (κ1) is 17.7. The molecule has 0 aromatic rings. The molecule has 0 bridgehead atoms. The number of piperidine rings is 2. The third kappa shape index (κ3) is 4.50. The van der Waals surface area contributed by atoms with Gasteiger partial charge in [-0.05, 0) is 65.8 Å². The molecule has 5 heteroatoms. The highest BCUT2D eigenvalue weighted by Crippen LogP contribution is 2.32. The highest BCUT2D eigenvalue weighted by Gasteiger charge is 2.37. The standard InChI is InChI=1S/C19H33N3O2/c1-19(2,3)20-17(23)15-5-4-10-22(13-15)16-8-11-21(12-9-16)18(24)14-6-7-14/h14-16H,4-13H2,1-3H3,(H,20,23)/t15-/m0/s1. The molecular formula is C19H33N3O2. The third-order valence-corrected chi connectivity index (χ3v) is 5.54. The minimum absolute atomic E-state index is 0.115. The monoisotopic (exact) mass is 335 g/mol. The zero-order valence-corrected chi connectivity index (χ0v) is 15.5. The van der Waals surface area contributed by atoms with Gasteiger partial charge in [-0.25, -0.2) is 0 Å². The molecule has 2 heterocycles. The van der Waals surface area contributed by atoms with Crippen molar-refractivity contribution in [2.45, 2.75) is 70.9 Å². The number of rotatable bonds is 3. The number of likely N-dealkylation sites (tertiary alicyclic amines) is 2. The lowest BCUT2D eigenvalue weighted by molar-refractivity contribution is -0.134. The van der Waals surface area contributed by atoms with Crippen molar-refractivity contribution in [2.75, 3.05) is 26.2 Å². The zero-order valence-electron chi connectivity index (χ0n) is 15.5. The van der Waals surface area contributed by atoms with Crippen molar-refractivity contribution < 1.29 is 9.59 Å². The van der Waals surface area contributed by atoms with E-state index in [-0.39, 0.29) is 17.4 Å². The first-order valence-corrected chi connectivity index (χ1v) is 9.68. The van der Waals surface area contributed by atoms with E-state index in [0.717, 1.165) is 64.7 Å². The first-order valence-electron chi connectivity index (χ1n) is 9.68. The molecule has 0 aromatic heterocycles. The van der Waals surface area contributed by atoms with Gasteiger partial charge in [0.2, 0.25) is 11.8 Å². The Morgan fingerprint density at radius 2 is 1.58 bits per heavy atom. The number of carbonyl (C=O) groups is 2. The van der Waals surface area contributed by atoms with Gasteiger partial charge in [-0.2, -0.15) is 0 Å². The molecule has 136 valence electrons. The van der Waals surface area contributed by atoms with Crippen LogP contribution in [0.3, 0.4) is 0 Å². The van der Waals surface area contributed by atoms with Crippen LogP contribution in [0.4, 0.5) is 0 Å². The molecule has 3 rings (SSSR count). The minimum Gasteiger partial charge on any atom is -0.351 e. The molecule has 0 aromatic carbocycles. The van der Waals surface area contributed by atoms with E-state index in [9.17, 15) is 9.59 Å². The van der Waals surface area contributed by atoms with Gasteiger partial charge < -0.3 is 10.2 Å². The summed E-state index contributed by atoms with van der Waals surface area (Å²) in [6.07, 6.45) is 6.41. The van der Waals surface area contributed by atoms with Crippen LogP contribution >= 0.6 is 0 Å². The minimum atomic E-state index is -0.159. The van der Waals surface area contributed by atoms with E-state index in [2.05, 4.69) is 15.1 Å². The lowest BCUT2D eigenvalue weighted by Gasteiger charge is -2.42. The van der Waals surface area contributed by atoms with Crippen molar-refractivity contribution in [3.05, 3.63) is 0 Å². The van der Waals surface area contributed by atoms with Crippen LogP contribution in [0, 0.1) is 11.8 Å². The second-order valence-electron chi connectivity index (χ2n) is 8.90. The van der Waals surface area contributed by atoms with E-state index in [4.69, 9.17) is 0 Å². The maximum atomic E-state index is 12.5. The van der Waals surface area contributed by atoms with Crippen molar-refractivity contribution in [1.29, 1.82) is 0 Å². The fourth-order valence-corrected chi connectivity index (χ4v) is 4.06.